The zero-order valence-corrected chi connectivity index (χ0v) is 8.72. The monoisotopic (exact) mass is 174 g/mol. The number of aliphatic hydroxyl groups excluding tert-OH is 1. The third kappa shape index (κ3) is 4.70. The Kier molecular flexibility index (Phi) is 5.46. The average molecular weight is 174 g/mol. The summed E-state index contributed by atoms with van der Waals surface area (Å²) >= 11 is 0. The predicted octanol–water partition coefficient (Wildman–Crippen LogP) is 0.299. The second-order valence-corrected chi connectivity index (χ2v) is 3.88. The van der Waals surface area contributed by atoms with Crippen LogP contribution in [0.15, 0.2) is 0 Å². The number of aliphatic hydroxyl groups is 1. The van der Waals surface area contributed by atoms with Crippen molar-refractivity contribution in [2.24, 2.45) is 0 Å². The molecule has 0 fully saturated rings. The molecule has 3 nitrogen and oxygen atoms in total. The topological polar surface area (TPSA) is 35.5 Å². The maximum atomic E-state index is 9.07. The third-order valence-electron chi connectivity index (χ3n) is 2.29. The SMILES string of the molecule is CNC(C)(CO)CCCN(C)C. The van der Waals surface area contributed by atoms with E-state index in [0.29, 0.717) is 0 Å². The Bertz CT molecular complexity index is 111. The maximum Gasteiger partial charge on any atom is 0.0610 e. The van der Waals surface area contributed by atoms with Crippen LogP contribution in [0.5, 0.6) is 0 Å². The molecule has 0 aliphatic carbocycles. The fourth-order valence-electron chi connectivity index (χ4n) is 1.07. The second-order valence-electron chi connectivity index (χ2n) is 3.88. The fraction of sp³-hybridized carbons (Fsp3) is 1.00. The normalized spacial score (nSPS) is 16.5. The lowest BCUT2D eigenvalue weighted by Crippen LogP contribution is -2.43. The Labute approximate surface area is 75.8 Å². The van der Waals surface area contributed by atoms with Crippen molar-refractivity contribution >= 4 is 0 Å². The Hall–Kier alpha value is -0.120. The first-order valence-corrected chi connectivity index (χ1v) is 4.48. The Balaban J connectivity index is 3.58. The number of hydrogen-bond acceptors (Lipinski definition) is 3. The van der Waals surface area contributed by atoms with E-state index < -0.39 is 0 Å². The number of likely N-dealkylation sites (N-methyl/N-ethyl adjacent to an activating group) is 1. The first kappa shape index (κ1) is 11.9. The lowest BCUT2D eigenvalue weighted by Gasteiger charge is -2.27. The van der Waals surface area contributed by atoms with Crippen LogP contribution in [0, 0.1) is 0 Å². The molecule has 0 aromatic carbocycles. The molecule has 3 heteroatoms. The van der Waals surface area contributed by atoms with Gasteiger partial charge in [0.05, 0.1) is 6.61 Å². The number of nitrogens with zero attached hydrogens (tertiary/aromatic N) is 1. The highest BCUT2D eigenvalue weighted by molar-refractivity contribution is 4.80. The summed E-state index contributed by atoms with van der Waals surface area (Å²) in [5.74, 6) is 0. The van der Waals surface area contributed by atoms with Gasteiger partial charge in [-0.05, 0) is 47.5 Å². The quantitative estimate of drug-likeness (QED) is 0.608. The van der Waals surface area contributed by atoms with Crippen LogP contribution in [-0.4, -0.2) is 49.8 Å². The number of hydrogen-bond donors (Lipinski definition) is 2. The molecule has 0 aliphatic heterocycles. The third-order valence-corrected chi connectivity index (χ3v) is 2.29. The highest BCUT2D eigenvalue weighted by Gasteiger charge is 2.19. The van der Waals surface area contributed by atoms with Crippen LogP contribution in [0.1, 0.15) is 19.8 Å². The van der Waals surface area contributed by atoms with Crippen molar-refractivity contribution in [3.8, 4) is 0 Å². The Morgan fingerprint density at radius 1 is 1.42 bits per heavy atom. The first-order valence-electron chi connectivity index (χ1n) is 4.48. The van der Waals surface area contributed by atoms with Gasteiger partial charge in [0.15, 0.2) is 0 Å². The van der Waals surface area contributed by atoms with Crippen LogP contribution in [0.25, 0.3) is 0 Å². The summed E-state index contributed by atoms with van der Waals surface area (Å²) < 4.78 is 0. The summed E-state index contributed by atoms with van der Waals surface area (Å²) in [4.78, 5) is 2.16. The van der Waals surface area contributed by atoms with Gasteiger partial charge >= 0.3 is 0 Å². The highest BCUT2D eigenvalue weighted by atomic mass is 16.3. The van der Waals surface area contributed by atoms with Crippen LogP contribution in [0.2, 0.25) is 0 Å². The minimum absolute atomic E-state index is 0.101. The van der Waals surface area contributed by atoms with E-state index in [0.717, 1.165) is 19.4 Å². The van der Waals surface area contributed by atoms with Crippen molar-refractivity contribution in [2.75, 3.05) is 34.3 Å². The minimum atomic E-state index is -0.101. The lowest BCUT2D eigenvalue weighted by molar-refractivity contribution is 0.168. The van der Waals surface area contributed by atoms with Gasteiger partial charge in [-0.1, -0.05) is 0 Å². The molecule has 1 unspecified atom stereocenters. The van der Waals surface area contributed by atoms with Crippen molar-refractivity contribution < 1.29 is 5.11 Å². The van der Waals surface area contributed by atoms with Crippen molar-refractivity contribution in [3.63, 3.8) is 0 Å². The van der Waals surface area contributed by atoms with Gasteiger partial charge in [-0.3, -0.25) is 0 Å². The summed E-state index contributed by atoms with van der Waals surface area (Å²) in [6, 6.07) is 0. The molecule has 0 rings (SSSR count). The predicted molar refractivity (Wildman–Crippen MR) is 52.3 cm³/mol. The van der Waals surface area contributed by atoms with E-state index in [-0.39, 0.29) is 12.1 Å². The lowest BCUT2D eigenvalue weighted by atomic mass is 9.97. The first-order chi connectivity index (χ1) is 5.54. The van der Waals surface area contributed by atoms with Gasteiger partial charge in [0.25, 0.3) is 0 Å². The molecule has 0 heterocycles. The van der Waals surface area contributed by atoms with Gasteiger partial charge in [0.2, 0.25) is 0 Å². The van der Waals surface area contributed by atoms with E-state index in [1.165, 1.54) is 0 Å². The van der Waals surface area contributed by atoms with Crippen molar-refractivity contribution in [1.29, 1.82) is 0 Å². The van der Waals surface area contributed by atoms with Gasteiger partial charge in [-0.15, -0.1) is 0 Å². The largest absolute Gasteiger partial charge is 0.394 e. The molecule has 0 spiro atoms. The van der Waals surface area contributed by atoms with Crippen LogP contribution in [0.4, 0.5) is 0 Å². The maximum absolute atomic E-state index is 9.07. The van der Waals surface area contributed by atoms with Crippen molar-refractivity contribution in [2.45, 2.75) is 25.3 Å². The minimum Gasteiger partial charge on any atom is -0.394 e. The summed E-state index contributed by atoms with van der Waals surface area (Å²) in [7, 11) is 6.02. The molecular weight excluding hydrogens is 152 g/mol. The van der Waals surface area contributed by atoms with Crippen molar-refractivity contribution in [1.82, 2.24) is 10.2 Å². The van der Waals surface area contributed by atoms with Crippen LogP contribution in [0.3, 0.4) is 0 Å². The van der Waals surface area contributed by atoms with Crippen LogP contribution < -0.4 is 5.32 Å². The molecule has 0 aromatic rings. The summed E-state index contributed by atoms with van der Waals surface area (Å²) in [5.41, 5.74) is -0.101. The molecule has 0 aliphatic rings. The zero-order chi connectivity index (χ0) is 9.61. The molecule has 0 radical (unpaired) electrons. The summed E-state index contributed by atoms with van der Waals surface area (Å²) in [5, 5.41) is 12.2. The van der Waals surface area contributed by atoms with E-state index in [1.807, 2.05) is 14.0 Å². The van der Waals surface area contributed by atoms with Gasteiger partial charge in [0.1, 0.15) is 0 Å². The molecule has 2 N–H and O–H groups in total. The van der Waals surface area contributed by atoms with E-state index in [1.54, 1.807) is 0 Å². The van der Waals surface area contributed by atoms with Crippen LogP contribution in [-0.2, 0) is 0 Å². The van der Waals surface area contributed by atoms with E-state index in [2.05, 4.69) is 24.3 Å². The van der Waals surface area contributed by atoms with E-state index in [9.17, 15) is 0 Å². The number of nitrogens with one attached hydrogen (secondary N) is 1. The smallest absolute Gasteiger partial charge is 0.0610 e. The Morgan fingerprint density at radius 3 is 2.33 bits per heavy atom. The molecule has 0 saturated heterocycles. The molecular formula is C9H22N2O. The second kappa shape index (κ2) is 5.51. The van der Waals surface area contributed by atoms with Gasteiger partial charge in [-0.25, -0.2) is 0 Å². The van der Waals surface area contributed by atoms with E-state index in [4.69, 9.17) is 5.11 Å². The fourth-order valence-corrected chi connectivity index (χ4v) is 1.07. The van der Waals surface area contributed by atoms with Gasteiger partial charge in [0, 0.05) is 5.54 Å². The number of rotatable bonds is 6. The summed E-state index contributed by atoms with van der Waals surface area (Å²) in [6.07, 6.45) is 2.13. The molecule has 12 heavy (non-hydrogen) atoms. The van der Waals surface area contributed by atoms with Crippen molar-refractivity contribution in [3.05, 3.63) is 0 Å². The average Bonchev–Trinajstić information content (AvgIpc) is 2.03. The molecule has 0 amide bonds. The molecule has 0 bridgehead atoms. The summed E-state index contributed by atoms with van der Waals surface area (Å²) in [6.45, 7) is 3.33. The van der Waals surface area contributed by atoms with Crippen LogP contribution >= 0.6 is 0 Å². The molecule has 1 atom stereocenters. The highest BCUT2D eigenvalue weighted by Crippen LogP contribution is 2.10. The molecule has 0 saturated carbocycles. The molecule has 0 aromatic heterocycles. The standard InChI is InChI=1S/C9H22N2O/c1-9(8-12,10-2)6-5-7-11(3)4/h10,12H,5-8H2,1-4H3. The Morgan fingerprint density at radius 2 is 2.00 bits per heavy atom. The zero-order valence-electron chi connectivity index (χ0n) is 8.72. The van der Waals surface area contributed by atoms with E-state index >= 15 is 0 Å². The molecule has 74 valence electrons. The van der Waals surface area contributed by atoms with Gasteiger partial charge < -0.3 is 15.3 Å². The van der Waals surface area contributed by atoms with Gasteiger partial charge in [-0.2, -0.15) is 0 Å².